The summed E-state index contributed by atoms with van der Waals surface area (Å²) >= 11 is 6.49. The van der Waals surface area contributed by atoms with Crippen LogP contribution in [0.25, 0.3) is 0 Å². The topological polar surface area (TPSA) is 97.6 Å². The molecule has 186 valence electrons. The van der Waals surface area contributed by atoms with Crippen LogP contribution in [0, 0.1) is 5.92 Å². The number of aliphatic hydroxyl groups is 3. The number of halogens is 1. The SMILES string of the molecule is CCOc1ccc(Cc2cc(C3OC4(COCC(C)COC4)C(O)C(O)C3O)ccc2Cl)cc1. The number of hydrogen-bond acceptors (Lipinski definition) is 7. The summed E-state index contributed by atoms with van der Waals surface area (Å²) in [7, 11) is 0. The molecule has 4 rings (SSSR count). The van der Waals surface area contributed by atoms with Gasteiger partial charge in [-0.25, -0.2) is 0 Å². The van der Waals surface area contributed by atoms with Crippen LogP contribution in [0.2, 0.25) is 5.02 Å². The van der Waals surface area contributed by atoms with Crippen molar-refractivity contribution < 1.29 is 34.3 Å². The quantitative estimate of drug-likeness (QED) is 0.590. The molecule has 2 aromatic rings. The third-order valence-corrected chi connectivity index (χ3v) is 6.78. The Hall–Kier alpha value is -1.71. The molecule has 4 atom stereocenters. The van der Waals surface area contributed by atoms with E-state index in [9.17, 15) is 15.3 Å². The fourth-order valence-corrected chi connectivity index (χ4v) is 4.71. The highest BCUT2D eigenvalue weighted by molar-refractivity contribution is 6.31. The monoisotopic (exact) mass is 492 g/mol. The van der Waals surface area contributed by atoms with E-state index in [2.05, 4.69) is 0 Å². The maximum absolute atomic E-state index is 10.8. The minimum Gasteiger partial charge on any atom is -0.494 e. The largest absolute Gasteiger partial charge is 0.494 e. The fraction of sp³-hybridized carbons (Fsp3) is 0.538. The molecular formula is C26H33ClO7. The predicted octanol–water partition coefficient (Wildman–Crippen LogP) is 2.91. The van der Waals surface area contributed by atoms with Crippen molar-refractivity contribution in [2.75, 3.05) is 33.0 Å². The molecule has 34 heavy (non-hydrogen) atoms. The standard InChI is InChI=1S/C26H33ClO7/c1-3-33-20-7-4-17(5-8-20)10-19-11-18(6-9-21(19)27)24-22(28)23(29)25(30)26(34-24)14-31-12-16(2)13-32-15-26/h4-9,11,16,22-25,28-30H,3,10,12-15H2,1-2H3. The maximum Gasteiger partial charge on any atom is 0.144 e. The first-order chi connectivity index (χ1) is 16.3. The van der Waals surface area contributed by atoms with E-state index in [0.29, 0.717) is 36.8 Å². The lowest BCUT2D eigenvalue weighted by Crippen LogP contribution is -2.66. The molecule has 1 spiro atoms. The number of hydrogen-bond donors (Lipinski definition) is 3. The molecule has 0 saturated carbocycles. The lowest BCUT2D eigenvalue weighted by molar-refractivity contribution is -0.301. The van der Waals surface area contributed by atoms with Crippen molar-refractivity contribution in [1.82, 2.24) is 0 Å². The van der Waals surface area contributed by atoms with Gasteiger partial charge < -0.3 is 34.3 Å². The molecule has 0 amide bonds. The minimum absolute atomic E-state index is 0.0470. The Morgan fingerprint density at radius 3 is 2.32 bits per heavy atom. The van der Waals surface area contributed by atoms with Gasteiger partial charge in [0.15, 0.2) is 0 Å². The van der Waals surface area contributed by atoms with Crippen molar-refractivity contribution in [3.05, 3.63) is 64.2 Å². The fourth-order valence-electron chi connectivity index (χ4n) is 4.53. The molecule has 2 aliphatic heterocycles. The van der Waals surface area contributed by atoms with Gasteiger partial charge in [-0.1, -0.05) is 42.8 Å². The lowest BCUT2D eigenvalue weighted by atomic mass is 9.83. The van der Waals surface area contributed by atoms with E-state index in [4.69, 9.17) is 30.5 Å². The molecule has 0 aliphatic carbocycles. The summed E-state index contributed by atoms with van der Waals surface area (Å²) in [6.45, 7) is 5.56. The van der Waals surface area contributed by atoms with E-state index in [-0.39, 0.29) is 19.1 Å². The molecular weight excluding hydrogens is 460 g/mol. The summed E-state index contributed by atoms with van der Waals surface area (Å²) in [5, 5.41) is 32.9. The molecule has 0 aromatic heterocycles. The van der Waals surface area contributed by atoms with Crippen LogP contribution in [0.4, 0.5) is 0 Å². The van der Waals surface area contributed by atoms with Gasteiger partial charge in [0.25, 0.3) is 0 Å². The Kier molecular flexibility index (Phi) is 8.15. The lowest BCUT2D eigenvalue weighted by Gasteiger charge is -2.49. The van der Waals surface area contributed by atoms with Crippen molar-refractivity contribution in [1.29, 1.82) is 0 Å². The van der Waals surface area contributed by atoms with Crippen LogP contribution in [0.5, 0.6) is 5.75 Å². The van der Waals surface area contributed by atoms with Gasteiger partial charge in [0.1, 0.15) is 35.8 Å². The smallest absolute Gasteiger partial charge is 0.144 e. The predicted molar refractivity (Wildman–Crippen MR) is 127 cm³/mol. The number of rotatable bonds is 5. The molecule has 2 fully saturated rings. The first-order valence-corrected chi connectivity index (χ1v) is 12.1. The molecule has 3 N–H and O–H groups in total. The van der Waals surface area contributed by atoms with Crippen molar-refractivity contribution in [3.8, 4) is 5.75 Å². The number of ether oxygens (including phenoxy) is 4. The van der Waals surface area contributed by atoms with Gasteiger partial charge in [0.05, 0.1) is 33.0 Å². The van der Waals surface area contributed by atoms with Crippen molar-refractivity contribution >= 4 is 11.6 Å². The summed E-state index contributed by atoms with van der Waals surface area (Å²) in [5.74, 6) is 1.02. The van der Waals surface area contributed by atoms with Gasteiger partial charge in [-0.15, -0.1) is 0 Å². The Balaban J connectivity index is 1.58. The van der Waals surface area contributed by atoms with Crippen LogP contribution in [0.1, 0.15) is 36.6 Å². The van der Waals surface area contributed by atoms with E-state index >= 15 is 0 Å². The summed E-state index contributed by atoms with van der Waals surface area (Å²) in [6.07, 6.45) is -4.43. The Morgan fingerprint density at radius 2 is 1.68 bits per heavy atom. The van der Waals surface area contributed by atoms with Crippen LogP contribution in [0.15, 0.2) is 42.5 Å². The highest BCUT2D eigenvalue weighted by Gasteiger charge is 2.54. The Morgan fingerprint density at radius 1 is 1.00 bits per heavy atom. The van der Waals surface area contributed by atoms with E-state index in [1.807, 2.05) is 44.2 Å². The summed E-state index contributed by atoms with van der Waals surface area (Å²) in [5.41, 5.74) is 1.26. The summed E-state index contributed by atoms with van der Waals surface area (Å²) in [4.78, 5) is 0. The van der Waals surface area contributed by atoms with Gasteiger partial charge in [-0.2, -0.15) is 0 Å². The second kappa shape index (κ2) is 10.9. The first-order valence-electron chi connectivity index (χ1n) is 11.7. The molecule has 2 aromatic carbocycles. The molecule has 2 heterocycles. The zero-order valence-electron chi connectivity index (χ0n) is 19.5. The Labute approximate surface area is 205 Å². The van der Waals surface area contributed by atoms with Crippen LogP contribution < -0.4 is 4.74 Å². The van der Waals surface area contributed by atoms with Gasteiger partial charge in [-0.05, 0) is 48.2 Å². The van der Waals surface area contributed by atoms with Crippen LogP contribution >= 0.6 is 11.6 Å². The van der Waals surface area contributed by atoms with Crippen molar-refractivity contribution in [3.63, 3.8) is 0 Å². The molecule has 7 nitrogen and oxygen atoms in total. The zero-order chi connectivity index (χ0) is 24.3. The van der Waals surface area contributed by atoms with Gasteiger partial charge in [0, 0.05) is 10.9 Å². The number of aliphatic hydroxyl groups excluding tert-OH is 3. The minimum atomic E-state index is -1.42. The first kappa shape index (κ1) is 25.4. The van der Waals surface area contributed by atoms with Gasteiger partial charge in [0.2, 0.25) is 0 Å². The van der Waals surface area contributed by atoms with Crippen molar-refractivity contribution in [2.24, 2.45) is 5.92 Å². The van der Waals surface area contributed by atoms with E-state index in [0.717, 1.165) is 16.9 Å². The van der Waals surface area contributed by atoms with E-state index < -0.39 is 30.0 Å². The molecule has 0 radical (unpaired) electrons. The van der Waals surface area contributed by atoms with Gasteiger partial charge in [-0.3, -0.25) is 0 Å². The van der Waals surface area contributed by atoms with Crippen LogP contribution in [-0.2, 0) is 20.6 Å². The molecule has 0 bridgehead atoms. The molecule has 4 unspecified atom stereocenters. The number of benzene rings is 2. The average Bonchev–Trinajstić information content (AvgIpc) is 2.81. The maximum atomic E-state index is 10.8. The zero-order valence-corrected chi connectivity index (χ0v) is 20.3. The third-order valence-electron chi connectivity index (χ3n) is 6.41. The molecule has 2 saturated heterocycles. The Bertz CT molecular complexity index is 941. The van der Waals surface area contributed by atoms with Crippen molar-refractivity contribution in [2.45, 2.75) is 50.3 Å². The summed E-state index contributed by atoms with van der Waals surface area (Å²) < 4.78 is 23.3. The van der Waals surface area contributed by atoms with E-state index in [1.165, 1.54) is 0 Å². The summed E-state index contributed by atoms with van der Waals surface area (Å²) in [6, 6.07) is 13.2. The van der Waals surface area contributed by atoms with Gasteiger partial charge >= 0.3 is 0 Å². The second-order valence-electron chi connectivity index (χ2n) is 9.27. The highest BCUT2D eigenvalue weighted by Crippen LogP contribution is 2.40. The average molecular weight is 493 g/mol. The third kappa shape index (κ3) is 5.41. The molecule has 8 heteroatoms. The van der Waals surface area contributed by atoms with Crippen LogP contribution in [-0.4, -0.2) is 72.3 Å². The highest BCUT2D eigenvalue weighted by atomic mass is 35.5. The van der Waals surface area contributed by atoms with Crippen LogP contribution in [0.3, 0.4) is 0 Å². The van der Waals surface area contributed by atoms with E-state index in [1.54, 1.807) is 12.1 Å². The second-order valence-corrected chi connectivity index (χ2v) is 9.68. The normalized spacial score (nSPS) is 32.2. The molecule has 2 aliphatic rings.